The Morgan fingerprint density at radius 3 is 2.48 bits per heavy atom. The van der Waals surface area contributed by atoms with Crippen molar-refractivity contribution in [3.8, 4) is 11.5 Å². The highest BCUT2D eigenvalue weighted by atomic mass is 35.5. The van der Waals surface area contributed by atoms with Crippen LogP contribution in [-0.4, -0.2) is 35.6 Å². The number of rotatable bonds is 9. The van der Waals surface area contributed by atoms with Crippen molar-refractivity contribution in [2.45, 2.75) is 19.2 Å². The second-order valence-electron chi connectivity index (χ2n) is 8.50. The van der Waals surface area contributed by atoms with E-state index in [1.54, 1.807) is 30.3 Å². The monoisotopic (exact) mass is 590 g/mol. The van der Waals surface area contributed by atoms with E-state index in [-0.39, 0.29) is 24.5 Å². The van der Waals surface area contributed by atoms with Crippen molar-refractivity contribution in [1.82, 2.24) is 4.90 Å². The quantitative estimate of drug-likeness (QED) is 0.270. The second-order valence-corrected chi connectivity index (χ2v) is 9.93. The standard InChI is InChI=1S/C28H22ClF3N2O5S/c1-38-23-14-18(8-11-22(23)39-16-17-6-9-19(29)10-7-17)15-24-26(36)34(27(37)40-24)13-12-25(35)33-21-5-3-2-4-20(21)28(30,31)32/h2-11,14-15H,12-13,16H2,1H3,(H,33,35)/b24-15-. The summed E-state index contributed by atoms with van der Waals surface area (Å²) in [6.07, 6.45) is -3.51. The average molecular weight is 591 g/mol. The summed E-state index contributed by atoms with van der Waals surface area (Å²) >= 11 is 6.60. The summed E-state index contributed by atoms with van der Waals surface area (Å²) in [7, 11) is 1.47. The van der Waals surface area contributed by atoms with Gasteiger partial charge in [-0.15, -0.1) is 0 Å². The van der Waals surface area contributed by atoms with Crippen LogP contribution < -0.4 is 14.8 Å². The Morgan fingerprint density at radius 2 is 1.77 bits per heavy atom. The maximum absolute atomic E-state index is 13.2. The number of methoxy groups -OCH3 is 1. The first-order valence-corrected chi connectivity index (χ1v) is 13.0. The molecule has 0 radical (unpaired) electrons. The van der Waals surface area contributed by atoms with E-state index in [1.807, 2.05) is 12.1 Å². The minimum atomic E-state index is -4.65. The number of amides is 3. The van der Waals surface area contributed by atoms with Crippen molar-refractivity contribution in [1.29, 1.82) is 0 Å². The van der Waals surface area contributed by atoms with Gasteiger partial charge < -0.3 is 14.8 Å². The van der Waals surface area contributed by atoms with E-state index >= 15 is 0 Å². The molecule has 3 amide bonds. The molecule has 3 aromatic rings. The molecule has 0 atom stereocenters. The molecular formula is C28H22ClF3N2O5S. The number of alkyl halides is 3. The third-order valence-corrected chi connectivity index (χ3v) is 6.90. The smallest absolute Gasteiger partial charge is 0.418 e. The van der Waals surface area contributed by atoms with E-state index in [4.69, 9.17) is 21.1 Å². The Morgan fingerprint density at radius 1 is 1.05 bits per heavy atom. The van der Waals surface area contributed by atoms with Crippen molar-refractivity contribution < 1.29 is 37.0 Å². The minimum Gasteiger partial charge on any atom is -0.493 e. The van der Waals surface area contributed by atoms with Crippen LogP contribution in [-0.2, 0) is 22.4 Å². The van der Waals surface area contributed by atoms with Crippen molar-refractivity contribution in [2.75, 3.05) is 19.0 Å². The lowest BCUT2D eigenvalue weighted by atomic mass is 10.1. The fraction of sp³-hybridized carbons (Fsp3) is 0.179. The summed E-state index contributed by atoms with van der Waals surface area (Å²) < 4.78 is 50.8. The number of para-hydroxylation sites is 1. The van der Waals surface area contributed by atoms with Gasteiger partial charge in [-0.2, -0.15) is 13.2 Å². The average Bonchev–Trinajstić information content (AvgIpc) is 3.18. The lowest BCUT2D eigenvalue weighted by molar-refractivity contribution is -0.137. The van der Waals surface area contributed by atoms with Gasteiger partial charge in [0, 0.05) is 18.0 Å². The summed E-state index contributed by atoms with van der Waals surface area (Å²) in [6.45, 7) is -0.00997. The maximum atomic E-state index is 13.2. The molecule has 1 fully saturated rings. The van der Waals surface area contributed by atoms with E-state index < -0.39 is 34.5 Å². The second kappa shape index (κ2) is 12.5. The van der Waals surface area contributed by atoms with E-state index in [1.165, 1.54) is 25.3 Å². The van der Waals surface area contributed by atoms with Crippen LogP contribution in [0.5, 0.6) is 11.5 Å². The zero-order valence-corrected chi connectivity index (χ0v) is 22.5. The largest absolute Gasteiger partial charge is 0.493 e. The molecule has 4 rings (SSSR count). The van der Waals surface area contributed by atoms with E-state index in [2.05, 4.69) is 5.32 Å². The molecule has 1 saturated heterocycles. The maximum Gasteiger partial charge on any atom is 0.418 e. The summed E-state index contributed by atoms with van der Waals surface area (Å²) in [4.78, 5) is 38.6. The molecule has 1 heterocycles. The molecule has 40 heavy (non-hydrogen) atoms. The van der Waals surface area contributed by atoms with Crippen LogP contribution in [0.2, 0.25) is 5.02 Å². The zero-order chi connectivity index (χ0) is 28.9. The normalized spacial score (nSPS) is 14.5. The fourth-order valence-electron chi connectivity index (χ4n) is 3.74. The first-order chi connectivity index (χ1) is 19.0. The summed E-state index contributed by atoms with van der Waals surface area (Å²) in [5, 5.41) is 2.23. The van der Waals surface area contributed by atoms with E-state index in [9.17, 15) is 27.6 Å². The van der Waals surface area contributed by atoms with Crippen LogP contribution in [0.4, 0.5) is 23.7 Å². The summed E-state index contributed by atoms with van der Waals surface area (Å²) in [6, 6.07) is 16.8. The number of hydrogen-bond donors (Lipinski definition) is 1. The zero-order valence-electron chi connectivity index (χ0n) is 21.0. The molecule has 1 N–H and O–H groups in total. The number of imide groups is 1. The Kier molecular flexibility index (Phi) is 9.06. The molecule has 0 aliphatic carbocycles. The highest BCUT2D eigenvalue weighted by molar-refractivity contribution is 8.18. The van der Waals surface area contributed by atoms with Gasteiger partial charge in [0.25, 0.3) is 11.1 Å². The van der Waals surface area contributed by atoms with Crippen LogP contribution >= 0.6 is 23.4 Å². The predicted octanol–water partition coefficient (Wildman–Crippen LogP) is 7.01. The number of anilines is 1. The first-order valence-electron chi connectivity index (χ1n) is 11.8. The SMILES string of the molecule is COc1cc(/C=C2\SC(=O)N(CCC(=O)Nc3ccccc3C(F)(F)F)C2=O)ccc1OCc1ccc(Cl)cc1. The molecule has 12 heteroatoms. The number of nitrogens with zero attached hydrogens (tertiary/aromatic N) is 1. The highest BCUT2D eigenvalue weighted by Crippen LogP contribution is 2.36. The van der Waals surface area contributed by atoms with Gasteiger partial charge in [0.05, 0.1) is 23.3 Å². The van der Waals surface area contributed by atoms with Crippen molar-refractivity contribution >= 4 is 52.2 Å². The molecule has 208 valence electrons. The van der Waals surface area contributed by atoms with Gasteiger partial charge in [-0.3, -0.25) is 19.3 Å². The topological polar surface area (TPSA) is 84.9 Å². The molecule has 0 aromatic heterocycles. The van der Waals surface area contributed by atoms with Gasteiger partial charge in [-0.25, -0.2) is 0 Å². The van der Waals surface area contributed by atoms with Crippen LogP contribution in [0.1, 0.15) is 23.1 Å². The van der Waals surface area contributed by atoms with Crippen LogP contribution in [0.3, 0.4) is 0 Å². The minimum absolute atomic E-state index is 0.129. The number of benzene rings is 3. The molecule has 0 spiro atoms. The molecule has 0 bridgehead atoms. The molecule has 3 aromatic carbocycles. The number of carbonyl (C=O) groups is 3. The lowest BCUT2D eigenvalue weighted by Gasteiger charge is -2.15. The summed E-state index contributed by atoms with van der Waals surface area (Å²) in [5.41, 5.74) is 0.0861. The molecule has 0 unspecified atom stereocenters. The number of hydrogen-bond acceptors (Lipinski definition) is 6. The number of thioether (sulfide) groups is 1. The van der Waals surface area contributed by atoms with E-state index in [0.29, 0.717) is 33.8 Å². The van der Waals surface area contributed by atoms with Gasteiger partial charge in [0.2, 0.25) is 5.91 Å². The molecule has 1 aliphatic heterocycles. The van der Waals surface area contributed by atoms with Crippen LogP contribution in [0.15, 0.2) is 71.6 Å². The number of halogens is 4. The first kappa shape index (κ1) is 29.0. The van der Waals surface area contributed by atoms with Gasteiger partial charge in [-0.1, -0.05) is 41.9 Å². The lowest BCUT2D eigenvalue weighted by Crippen LogP contribution is -2.31. The third kappa shape index (κ3) is 7.16. The fourth-order valence-corrected chi connectivity index (χ4v) is 4.74. The molecule has 7 nitrogen and oxygen atoms in total. The number of carbonyl (C=O) groups excluding carboxylic acids is 3. The Hall–Kier alpha value is -3.96. The third-order valence-electron chi connectivity index (χ3n) is 5.74. The van der Waals surface area contributed by atoms with Crippen molar-refractivity contribution in [3.05, 3.63) is 93.3 Å². The number of ether oxygens (including phenoxy) is 2. The number of nitrogens with one attached hydrogen (secondary N) is 1. The van der Waals surface area contributed by atoms with Gasteiger partial charge in [-0.05, 0) is 65.4 Å². The van der Waals surface area contributed by atoms with Crippen molar-refractivity contribution in [2.24, 2.45) is 0 Å². The van der Waals surface area contributed by atoms with Crippen LogP contribution in [0, 0.1) is 0 Å². The Labute approximate surface area is 236 Å². The van der Waals surface area contributed by atoms with Gasteiger partial charge in [0.1, 0.15) is 6.61 Å². The molecular weight excluding hydrogens is 569 g/mol. The Balaban J connectivity index is 1.38. The van der Waals surface area contributed by atoms with Gasteiger partial charge in [0.15, 0.2) is 11.5 Å². The molecule has 1 aliphatic rings. The van der Waals surface area contributed by atoms with E-state index in [0.717, 1.165) is 22.6 Å². The van der Waals surface area contributed by atoms with Crippen molar-refractivity contribution in [3.63, 3.8) is 0 Å². The van der Waals surface area contributed by atoms with Crippen LogP contribution in [0.25, 0.3) is 6.08 Å². The predicted molar refractivity (Wildman–Crippen MR) is 146 cm³/mol. The van der Waals surface area contributed by atoms with Gasteiger partial charge >= 0.3 is 6.18 Å². The summed E-state index contributed by atoms with van der Waals surface area (Å²) in [5.74, 6) is -0.488. The Bertz CT molecular complexity index is 1460. The highest BCUT2D eigenvalue weighted by Gasteiger charge is 2.36. The molecule has 0 saturated carbocycles.